The molecular formula is C14H17BrO3. The molecule has 98 valence electrons. The summed E-state index contributed by atoms with van der Waals surface area (Å²) in [5.74, 6) is 1.91. The number of halogens is 1. The summed E-state index contributed by atoms with van der Waals surface area (Å²) < 4.78 is 12.2. The smallest absolute Gasteiger partial charge is 0.175 e. The molecule has 0 radical (unpaired) electrons. The first kappa shape index (κ1) is 12.3. The summed E-state index contributed by atoms with van der Waals surface area (Å²) >= 11 is 3.51. The van der Waals surface area contributed by atoms with E-state index in [0.717, 1.165) is 40.8 Å². The van der Waals surface area contributed by atoms with Crippen LogP contribution in [0.2, 0.25) is 0 Å². The normalized spacial score (nSPS) is 21.0. The molecule has 1 fully saturated rings. The Morgan fingerprint density at radius 3 is 2.67 bits per heavy atom. The molecule has 0 bridgehead atoms. The van der Waals surface area contributed by atoms with Crippen molar-refractivity contribution in [2.45, 2.75) is 31.8 Å². The molecular weight excluding hydrogens is 296 g/mol. The minimum Gasteiger partial charge on any atom is -0.490 e. The maximum absolute atomic E-state index is 10.3. The van der Waals surface area contributed by atoms with Gasteiger partial charge in [0, 0.05) is 6.42 Å². The Labute approximate surface area is 115 Å². The van der Waals surface area contributed by atoms with Gasteiger partial charge in [-0.1, -0.05) is 6.42 Å². The number of fused-ring (bicyclic) bond motifs is 1. The molecule has 0 amide bonds. The first-order chi connectivity index (χ1) is 8.75. The second-order valence-electron chi connectivity index (χ2n) is 5.02. The van der Waals surface area contributed by atoms with E-state index in [9.17, 15) is 5.11 Å². The second kappa shape index (κ2) is 5.10. The summed E-state index contributed by atoms with van der Waals surface area (Å²) in [4.78, 5) is 0. The van der Waals surface area contributed by atoms with E-state index in [4.69, 9.17) is 9.47 Å². The van der Waals surface area contributed by atoms with Gasteiger partial charge in [0.25, 0.3) is 0 Å². The third-order valence-electron chi connectivity index (χ3n) is 3.76. The quantitative estimate of drug-likeness (QED) is 0.909. The van der Waals surface area contributed by atoms with Crippen LogP contribution in [0.25, 0.3) is 0 Å². The fourth-order valence-electron chi connectivity index (χ4n) is 2.45. The van der Waals surface area contributed by atoms with Gasteiger partial charge in [-0.25, -0.2) is 0 Å². The minimum absolute atomic E-state index is 0.382. The van der Waals surface area contributed by atoms with Crippen LogP contribution >= 0.6 is 15.9 Å². The zero-order valence-corrected chi connectivity index (χ0v) is 11.8. The maximum atomic E-state index is 10.3. The number of aliphatic hydroxyl groups is 1. The molecule has 0 spiro atoms. The Balaban J connectivity index is 1.91. The Morgan fingerprint density at radius 2 is 1.94 bits per heavy atom. The van der Waals surface area contributed by atoms with Crippen molar-refractivity contribution in [2.75, 3.05) is 13.2 Å². The van der Waals surface area contributed by atoms with E-state index in [1.54, 1.807) is 0 Å². The zero-order chi connectivity index (χ0) is 12.5. The van der Waals surface area contributed by atoms with Gasteiger partial charge in [0.15, 0.2) is 11.5 Å². The highest BCUT2D eigenvalue weighted by molar-refractivity contribution is 9.10. The summed E-state index contributed by atoms with van der Waals surface area (Å²) in [5, 5.41) is 10.3. The molecule has 1 atom stereocenters. The van der Waals surface area contributed by atoms with Gasteiger partial charge in [-0.2, -0.15) is 0 Å². The molecule has 1 saturated carbocycles. The molecule has 3 nitrogen and oxygen atoms in total. The van der Waals surface area contributed by atoms with Crippen molar-refractivity contribution < 1.29 is 14.6 Å². The summed E-state index contributed by atoms with van der Waals surface area (Å²) in [6.07, 6.45) is 3.97. The fraction of sp³-hybridized carbons (Fsp3) is 0.571. The van der Waals surface area contributed by atoms with Gasteiger partial charge in [-0.3, -0.25) is 0 Å². The largest absolute Gasteiger partial charge is 0.490 e. The van der Waals surface area contributed by atoms with Crippen molar-refractivity contribution in [2.24, 2.45) is 5.92 Å². The van der Waals surface area contributed by atoms with E-state index in [2.05, 4.69) is 15.9 Å². The number of aliphatic hydroxyl groups excluding tert-OH is 1. The topological polar surface area (TPSA) is 38.7 Å². The Kier molecular flexibility index (Phi) is 3.48. The van der Waals surface area contributed by atoms with Gasteiger partial charge < -0.3 is 14.6 Å². The lowest BCUT2D eigenvalue weighted by molar-refractivity contribution is 0.0618. The molecule has 3 rings (SSSR count). The van der Waals surface area contributed by atoms with Gasteiger partial charge in [0.1, 0.15) is 0 Å². The van der Waals surface area contributed by atoms with Crippen molar-refractivity contribution in [3.05, 3.63) is 22.2 Å². The van der Waals surface area contributed by atoms with Crippen LogP contribution in [0.1, 0.15) is 37.4 Å². The second-order valence-corrected chi connectivity index (χ2v) is 5.87. The first-order valence-electron chi connectivity index (χ1n) is 6.53. The van der Waals surface area contributed by atoms with E-state index in [1.165, 1.54) is 6.42 Å². The molecule has 4 heteroatoms. The molecule has 1 aliphatic carbocycles. The number of ether oxygens (including phenoxy) is 2. The minimum atomic E-state index is -0.382. The molecule has 18 heavy (non-hydrogen) atoms. The summed E-state index contributed by atoms with van der Waals surface area (Å²) in [6.45, 7) is 1.35. The van der Waals surface area contributed by atoms with E-state index in [-0.39, 0.29) is 6.10 Å². The van der Waals surface area contributed by atoms with Crippen LogP contribution in [0.5, 0.6) is 11.5 Å². The third kappa shape index (κ3) is 2.24. The van der Waals surface area contributed by atoms with Crippen molar-refractivity contribution in [3.8, 4) is 11.5 Å². The molecule has 1 N–H and O–H groups in total. The Morgan fingerprint density at radius 1 is 1.17 bits per heavy atom. The summed E-state index contributed by atoms with van der Waals surface area (Å²) in [7, 11) is 0. The highest BCUT2D eigenvalue weighted by atomic mass is 79.9. The van der Waals surface area contributed by atoms with Crippen molar-refractivity contribution in [3.63, 3.8) is 0 Å². The van der Waals surface area contributed by atoms with Crippen LogP contribution in [0.15, 0.2) is 16.6 Å². The predicted molar refractivity (Wildman–Crippen MR) is 72.0 cm³/mol. The standard InChI is InChI=1S/C14H17BrO3/c15-11-7-10(13(16)9-3-1-4-9)8-12-14(11)18-6-2-5-17-12/h7-9,13,16H,1-6H2. The van der Waals surface area contributed by atoms with Crippen LogP contribution < -0.4 is 9.47 Å². The number of hydrogen-bond acceptors (Lipinski definition) is 3. The number of hydrogen-bond donors (Lipinski definition) is 1. The van der Waals surface area contributed by atoms with Crippen LogP contribution in [0, 0.1) is 5.92 Å². The van der Waals surface area contributed by atoms with Crippen LogP contribution in [-0.4, -0.2) is 18.3 Å². The average Bonchev–Trinajstić information content (AvgIpc) is 2.51. The van der Waals surface area contributed by atoms with Gasteiger partial charge in [-0.15, -0.1) is 0 Å². The first-order valence-corrected chi connectivity index (χ1v) is 7.32. The van der Waals surface area contributed by atoms with Crippen LogP contribution in [0.4, 0.5) is 0 Å². The maximum Gasteiger partial charge on any atom is 0.175 e. The zero-order valence-electron chi connectivity index (χ0n) is 10.2. The highest BCUT2D eigenvalue weighted by Crippen LogP contribution is 2.43. The van der Waals surface area contributed by atoms with E-state index in [1.807, 2.05) is 12.1 Å². The Hall–Kier alpha value is -0.740. The third-order valence-corrected chi connectivity index (χ3v) is 4.35. The molecule has 2 aliphatic rings. The molecule has 0 aromatic heterocycles. The Bertz CT molecular complexity index is 443. The molecule has 1 unspecified atom stereocenters. The molecule has 1 heterocycles. The van der Waals surface area contributed by atoms with E-state index < -0.39 is 0 Å². The lowest BCUT2D eigenvalue weighted by atomic mass is 9.79. The molecule has 1 aromatic rings. The predicted octanol–water partition coefficient (Wildman–Crippen LogP) is 3.44. The molecule has 1 aliphatic heterocycles. The van der Waals surface area contributed by atoms with E-state index >= 15 is 0 Å². The SMILES string of the molecule is OC(c1cc(Br)c2c(c1)OCCCO2)C1CCC1. The van der Waals surface area contributed by atoms with Gasteiger partial charge in [-0.05, 0) is 52.4 Å². The fourth-order valence-corrected chi connectivity index (χ4v) is 3.02. The van der Waals surface area contributed by atoms with Gasteiger partial charge >= 0.3 is 0 Å². The number of rotatable bonds is 2. The highest BCUT2D eigenvalue weighted by Gasteiger charge is 2.28. The summed E-state index contributed by atoms with van der Waals surface area (Å²) in [6, 6.07) is 3.88. The monoisotopic (exact) mass is 312 g/mol. The summed E-state index contributed by atoms with van der Waals surface area (Å²) in [5.41, 5.74) is 0.927. The number of benzene rings is 1. The lowest BCUT2D eigenvalue weighted by Crippen LogP contribution is -2.20. The van der Waals surface area contributed by atoms with Crippen molar-refractivity contribution in [1.82, 2.24) is 0 Å². The van der Waals surface area contributed by atoms with Gasteiger partial charge in [0.2, 0.25) is 0 Å². The van der Waals surface area contributed by atoms with E-state index in [0.29, 0.717) is 19.1 Å². The molecule has 0 saturated heterocycles. The van der Waals surface area contributed by atoms with Gasteiger partial charge in [0.05, 0.1) is 23.8 Å². The van der Waals surface area contributed by atoms with Crippen molar-refractivity contribution in [1.29, 1.82) is 0 Å². The molecule has 1 aromatic carbocycles. The average molecular weight is 313 g/mol. The van der Waals surface area contributed by atoms with Crippen LogP contribution in [-0.2, 0) is 0 Å². The van der Waals surface area contributed by atoms with Crippen LogP contribution in [0.3, 0.4) is 0 Å². The lowest BCUT2D eigenvalue weighted by Gasteiger charge is -2.30. The van der Waals surface area contributed by atoms with Crippen molar-refractivity contribution >= 4 is 15.9 Å².